The van der Waals surface area contributed by atoms with E-state index in [9.17, 15) is 18.0 Å². The highest BCUT2D eigenvalue weighted by Crippen LogP contribution is 2.33. The summed E-state index contributed by atoms with van der Waals surface area (Å²) in [5.74, 6) is -0.630. The third-order valence-corrected chi connectivity index (χ3v) is 4.70. The minimum atomic E-state index is -4.58. The van der Waals surface area contributed by atoms with Gasteiger partial charge in [-0.1, -0.05) is 41.2 Å². The number of nitrogens with one attached hydrogen (secondary N) is 1. The van der Waals surface area contributed by atoms with Crippen LogP contribution in [0.5, 0.6) is 0 Å². The van der Waals surface area contributed by atoms with E-state index in [0.29, 0.717) is 5.01 Å². The lowest BCUT2D eigenvalue weighted by Crippen LogP contribution is -2.12. The Labute approximate surface area is 142 Å². The van der Waals surface area contributed by atoms with Crippen LogP contribution in [-0.2, 0) is 6.18 Å². The van der Waals surface area contributed by atoms with Crippen molar-refractivity contribution >= 4 is 33.7 Å². The zero-order valence-electron chi connectivity index (χ0n) is 12.1. The lowest BCUT2D eigenvalue weighted by Gasteiger charge is -1.99. The van der Waals surface area contributed by atoms with Gasteiger partial charge in [0.2, 0.25) is 10.1 Å². The summed E-state index contributed by atoms with van der Waals surface area (Å²) in [6.45, 7) is 1.96. The van der Waals surface area contributed by atoms with Crippen LogP contribution in [0.1, 0.15) is 21.1 Å². The number of nitrogens with zero attached hydrogens (tertiary/aromatic N) is 3. The van der Waals surface area contributed by atoms with Crippen molar-refractivity contribution in [3.63, 3.8) is 0 Å². The van der Waals surface area contributed by atoms with Crippen molar-refractivity contribution in [3.05, 3.63) is 45.9 Å². The van der Waals surface area contributed by atoms with Crippen LogP contribution < -0.4 is 5.32 Å². The predicted octanol–water partition coefficient (Wildman–Crippen LogP) is 4.24. The lowest BCUT2D eigenvalue weighted by molar-refractivity contribution is -0.138. The molecule has 2 aromatic heterocycles. The van der Waals surface area contributed by atoms with Crippen LogP contribution in [0, 0.1) is 6.92 Å². The first-order chi connectivity index (χ1) is 11.3. The molecule has 5 nitrogen and oxygen atoms in total. The van der Waals surface area contributed by atoms with E-state index in [1.165, 1.54) is 16.7 Å². The van der Waals surface area contributed by atoms with Gasteiger partial charge in [0.05, 0.1) is 0 Å². The molecule has 1 aromatic carbocycles. The van der Waals surface area contributed by atoms with Crippen LogP contribution in [0.4, 0.5) is 18.3 Å². The summed E-state index contributed by atoms with van der Waals surface area (Å²) < 4.78 is 37.4. The molecule has 10 heteroatoms. The molecule has 0 radical (unpaired) electrons. The Balaban J connectivity index is 1.74. The Hall–Kier alpha value is -2.33. The van der Waals surface area contributed by atoms with Gasteiger partial charge >= 0.3 is 6.18 Å². The summed E-state index contributed by atoms with van der Waals surface area (Å²) >= 11 is 1.54. The van der Waals surface area contributed by atoms with Crippen molar-refractivity contribution < 1.29 is 18.0 Å². The molecular weight excluding hydrogens is 361 g/mol. The highest BCUT2D eigenvalue weighted by molar-refractivity contribution is 7.15. The molecule has 0 saturated heterocycles. The number of halogens is 3. The van der Waals surface area contributed by atoms with E-state index in [0.717, 1.165) is 11.1 Å². The molecule has 3 aromatic rings. The molecule has 3 rings (SSSR count). The smallest absolute Gasteiger partial charge is 0.295 e. The molecule has 0 fully saturated rings. The van der Waals surface area contributed by atoms with E-state index in [1.54, 1.807) is 0 Å². The van der Waals surface area contributed by atoms with Crippen molar-refractivity contribution in [2.24, 2.45) is 0 Å². The molecule has 2 heterocycles. The highest BCUT2D eigenvalue weighted by Gasteiger charge is 2.35. The fourth-order valence-electron chi connectivity index (χ4n) is 1.76. The molecule has 1 N–H and O–H groups in total. The number of amides is 1. The third-order valence-electron chi connectivity index (χ3n) is 2.92. The van der Waals surface area contributed by atoms with Crippen LogP contribution in [0.2, 0.25) is 0 Å². The third kappa shape index (κ3) is 3.60. The quantitative estimate of drug-likeness (QED) is 0.749. The predicted molar refractivity (Wildman–Crippen MR) is 85.2 cm³/mol. The number of aromatic nitrogens is 3. The molecule has 0 saturated carbocycles. The van der Waals surface area contributed by atoms with Crippen molar-refractivity contribution in [3.8, 4) is 10.6 Å². The summed E-state index contributed by atoms with van der Waals surface area (Å²) in [5.41, 5.74) is 2.07. The second-order valence-corrected chi connectivity index (χ2v) is 6.60. The molecule has 24 heavy (non-hydrogen) atoms. The number of rotatable bonds is 3. The molecule has 124 valence electrons. The first-order valence-corrected chi connectivity index (χ1v) is 8.27. The normalized spacial score (nSPS) is 11.5. The summed E-state index contributed by atoms with van der Waals surface area (Å²) in [6.07, 6.45) is -4.58. The van der Waals surface area contributed by atoms with Gasteiger partial charge in [-0.3, -0.25) is 10.1 Å². The van der Waals surface area contributed by atoms with Crippen molar-refractivity contribution in [1.29, 1.82) is 0 Å². The Bertz CT molecular complexity index is 871. The standard InChI is InChI=1S/C14H9F3N4OS2/c1-7-2-4-8(5-3-7)11-18-9(6-23-11)10(22)19-13-21-20-12(24-13)14(15,16)17/h2-6H,1H3,(H,19,21,22). The fourth-order valence-corrected chi connectivity index (χ4v) is 3.17. The Kier molecular flexibility index (Phi) is 4.33. The number of alkyl halides is 3. The Morgan fingerprint density at radius 3 is 2.50 bits per heavy atom. The van der Waals surface area contributed by atoms with Gasteiger partial charge in [-0.15, -0.1) is 21.5 Å². The summed E-state index contributed by atoms with van der Waals surface area (Å²) in [4.78, 5) is 16.3. The van der Waals surface area contributed by atoms with Crippen molar-refractivity contribution in [2.75, 3.05) is 5.32 Å². The van der Waals surface area contributed by atoms with E-state index in [1.807, 2.05) is 31.2 Å². The fraction of sp³-hybridized carbons (Fsp3) is 0.143. The molecule has 0 bridgehead atoms. The maximum absolute atomic E-state index is 12.5. The molecule has 0 unspecified atom stereocenters. The van der Waals surface area contributed by atoms with E-state index >= 15 is 0 Å². The van der Waals surface area contributed by atoms with E-state index in [4.69, 9.17) is 0 Å². The first kappa shape index (κ1) is 16.5. The SMILES string of the molecule is Cc1ccc(-c2nc(C(=O)Nc3nnc(C(F)(F)F)s3)cs2)cc1. The van der Waals surface area contributed by atoms with Crippen LogP contribution in [0.3, 0.4) is 0 Å². The van der Waals surface area contributed by atoms with Gasteiger partial charge in [-0.25, -0.2) is 4.98 Å². The number of carbonyl (C=O) groups is 1. The minimum Gasteiger partial charge on any atom is -0.295 e. The number of hydrogen-bond donors (Lipinski definition) is 1. The van der Waals surface area contributed by atoms with E-state index < -0.39 is 17.1 Å². The van der Waals surface area contributed by atoms with E-state index in [2.05, 4.69) is 20.5 Å². The monoisotopic (exact) mass is 370 g/mol. The van der Waals surface area contributed by atoms with Gasteiger partial charge in [-0.2, -0.15) is 13.2 Å². The molecule has 0 aliphatic carbocycles. The lowest BCUT2D eigenvalue weighted by atomic mass is 10.2. The molecular formula is C14H9F3N4OS2. The topological polar surface area (TPSA) is 67.8 Å². The minimum absolute atomic E-state index is 0.110. The number of aryl methyl sites for hydroxylation is 1. The summed E-state index contributed by atoms with van der Waals surface area (Å²) in [6, 6.07) is 7.62. The zero-order valence-corrected chi connectivity index (χ0v) is 13.7. The van der Waals surface area contributed by atoms with Crippen LogP contribution >= 0.6 is 22.7 Å². The summed E-state index contributed by atoms with van der Waals surface area (Å²) in [5, 5.41) is 9.44. The number of benzene rings is 1. The Morgan fingerprint density at radius 2 is 1.88 bits per heavy atom. The number of anilines is 1. The van der Waals surface area contributed by atoms with Gasteiger partial charge in [0.1, 0.15) is 10.7 Å². The van der Waals surface area contributed by atoms with Gasteiger partial charge in [0.25, 0.3) is 5.91 Å². The second kappa shape index (κ2) is 6.29. The average Bonchev–Trinajstić information content (AvgIpc) is 3.16. The highest BCUT2D eigenvalue weighted by atomic mass is 32.1. The van der Waals surface area contributed by atoms with Crippen LogP contribution in [-0.4, -0.2) is 21.1 Å². The number of thiazole rings is 1. The second-order valence-electron chi connectivity index (χ2n) is 4.77. The van der Waals surface area contributed by atoms with Gasteiger partial charge in [0.15, 0.2) is 0 Å². The summed E-state index contributed by atoms with van der Waals surface area (Å²) in [7, 11) is 0. The van der Waals surface area contributed by atoms with Gasteiger partial charge in [-0.05, 0) is 6.92 Å². The largest absolute Gasteiger partial charge is 0.445 e. The molecule has 1 amide bonds. The molecule has 0 aliphatic rings. The van der Waals surface area contributed by atoms with Crippen molar-refractivity contribution in [2.45, 2.75) is 13.1 Å². The maximum atomic E-state index is 12.5. The van der Waals surface area contributed by atoms with Gasteiger partial charge in [0, 0.05) is 10.9 Å². The number of carbonyl (C=O) groups excluding carboxylic acids is 1. The number of hydrogen-bond acceptors (Lipinski definition) is 6. The zero-order chi connectivity index (χ0) is 17.3. The average molecular weight is 370 g/mol. The van der Waals surface area contributed by atoms with Crippen LogP contribution in [0.25, 0.3) is 10.6 Å². The molecule has 0 aliphatic heterocycles. The first-order valence-electron chi connectivity index (χ1n) is 6.57. The van der Waals surface area contributed by atoms with Crippen LogP contribution in [0.15, 0.2) is 29.6 Å². The molecule has 0 atom stereocenters. The molecule has 0 spiro atoms. The van der Waals surface area contributed by atoms with E-state index in [-0.39, 0.29) is 22.2 Å². The van der Waals surface area contributed by atoms with Crippen molar-refractivity contribution in [1.82, 2.24) is 15.2 Å². The Morgan fingerprint density at radius 1 is 1.17 bits per heavy atom. The van der Waals surface area contributed by atoms with Gasteiger partial charge < -0.3 is 0 Å². The maximum Gasteiger partial charge on any atom is 0.445 e.